The van der Waals surface area contributed by atoms with Gasteiger partial charge in [0.05, 0.1) is 11.4 Å². The molecule has 1 N–H and O–H groups in total. The molecule has 0 aliphatic rings. The summed E-state index contributed by atoms with van der Waals surface area (Å²) in [6.45, 7) is 0. The van der Waals surface area contributed by atoms with E-state index in [2.05, 4.69) is 0 Å². The Kier molecular flexibility index (Phi) is 3.62. The van der Waals surface area contributed by atoms with Gasteiger partial charge in [0.1, 0.15) is 4.90 Å². The van der Waals surface area contributed by atoms with E-state index in [1.165, 1.54) is 6.07 Å². The van der Waals surface area contributed by atoms with E-state index in [1.807, 2.05) is 50.1 Å². The maximum Gasteiger partial charge on any atom is 0.295 e. The number of fused-ring (bicyclic) bond motifs is 1. The van der Waals surface area contributed by atoms with E-state index in [4.69, 9.17) is 0 Å². The molecular formula is C14H18N2O3S. The Labute approximate surface area is 119 Å². The molecule has 0 saturated carbocycles. The largest absolute Gasteiger partial charge is 0.376 e. The van der Waals surface area contributed by atoms with Gasteiger partial charge < -0.3 is 9.80 Å². The van der Waals surface area contributed by atoms with E-state index in [0.717, 1.165) is 16.8 Å². The molecule has 0 radical (unpaired) electrons. The fourth-order valence-corrected chi connectivity index (χ4v) is 3.06. The summed E-state index contributed by atoms with van der Waals surface area (Å²) in [5.74, 6) is 0. The first kappa shape index (κ1) is 14.6. The maximum atomic E-state index is 11.5. The highest BCUT2D eigenvalue weighted by Crippen LogP contribution is 2.37. The highest BCUT2D eigenvalue weighted by atomic mass is 32.2. The monoisotopic (exact) mass is 294 g/mol. The Morgan fingerprint density at radius 3 is 2.05 bits per heavy atom. The average molecular weight is 294 g/mol. The summed E-state index contributed by atoms with van der Waals surface area (Å²) in [6.07, 6.45) is 0. The predicted octanol–water partition coefficient (Wildman–Crippen LogP) is 2.22. The zero-order valence-corrected chi connectivity index (χ0v) is 12.8. The first-order valence-electron chi connectivity index (χ1n) is 6.11. The summed E-state index contributed by atoms with van der Waals surface area (Å²) in [7, 11) is 3.43. The van der Waals surface area contributed by atoms with Crippen LogP contribution in [0.15, 0.2) is 35.2 Å². The lowest BCUT2D eigenvalue weighted by molar-refractivity contribution is 0.484. The molecule has 0 aliphatic carbocycles. The van der Waals surface area contributed by atoms with Crippen LogP contribution in [0.3, 0.4) is 0 Å². The molecule has 0 saturated heterocycles. The lowest BCUT2D eigenvalue weighted by Crippen LogP contribution is -2.17. The molecule has 5 nitrogen and oxygen atoms in total. The van der Waals surface area contributed by atoms with Gasteiger partial charge in [-0.05, 0) is 12.1 Å². The van der Waals surface area contributed by atoms with Gasteiger partial charge in [-0.3, -0.25) is 4.55 Å². The normalized spacial score (nSPS) is 11.7. The number of hydrogen-bond acceptors (Lipinski definition) is 4. The summed E-state index contributed by atoms with van der Waals surface area (Å²) in [5, 5.41) is 1.31. The Balaban J connectivity index is 2.93. The number of nitrogens with zero attached hydrogens (tertiary/aromatic N) is 2. The Bertz CT molecular complexity index is 752. The average Bonchev–Trinajstić information content (AvgIpc) is 2.34. The van der Waals surface area contributed by atoms with Gasteiger partial charge in [0.15, 0.2) is 0 Å². The smallest absolute Gasteiger partial charge is 0.295 e. The van der Waals surface area contributed by atoms with Gasteiger partial charge in [-0.2, -0.15) is 8.42 Å². The van der Waals surface area contributed by atoms with Crippen LogP contribution in [-0.4, -0.2) is 41.2 Å². The Morgan fingerprint density at radius 2 is 1.55 bits per heavy atom. The minimum Gasteiger partial charge on any atom is -0.376 e. The van der Waals surface area contributed by atoms with Crippen LogP contribution in [0.1, 0.15) is 0 Å². The highest BCUT2D eigenvalue weighted by molar-refractivity contribution is 7.86. The second-order valence-corrected chi connectivity index (χ2v) is 6.44. The molecule has 108 valence electrons. The van der Waals surface area contributed by atoms with Crippen LogP contribution in [0.5, 0.6) is 0 Å². The molecular weight excluding hydrogens is 276 g/mol. The van der Waals surface area contributed by atoms with Crippen molar-refractivity contribution in [2.75, 3.05) is 38.0 Å². The summed E-state index contributed by atoms with van der Waals surface area (Å²) in [6, 6.07) is 8.48. The van der Waals surface area contributed by atoms with Gasteiger partial charge in [0.2, 0.25) is 0 Å². The van der Waals surface area contributed by atoms with Crippen molar-refractivity contribution in [2.24, 2.45) is 0 Å². The van der Waals surface area contributed by atoms with Crippen molar-refractivity contribution in [3.05, 3.63) is 30.3 Å². The molecule has 0 aliphatic heterocycles. The second kappa shape index (κ2) is 4.96. The maximum absolute atomic E-state index is 11.5. The molecule has 0 amide bonds. The molecule has 0 spiro atoms. The first-order valence-corrected chi connectivity index (χ1v) is 7.55. The minimum atomic E-state index is -4.24. The number of hydrogen-bond donors (Lipinski definition) is 1. The van der Waals surface area contributed by atoms with Crippen LogP contribution < -0.4 is 9.80 Å². The van der Waals surface area contributed by atoms with Crippen LogP contribution >= 0.6 is 0 Å². The first-order chi connectivity index (χ1) is 9.23. The second-order valence-electron chi connectivity index (χ2n) is 5.05. The molecule has 0 heterocycles. The molecule has 2 rings (SSSR count). The van der Waals surface area contributed by atoms with Gasteiger partial charge in [-0.25, -0.2) is 0 Å². The zero-order chi connectivity index (χ0) is 15.1. The summed E-state index contributed by atoms with van der Waals surface area (Å²) < 4.78 is 32.3. The molecule has 0 bridgehead atoms. The fourth-order valence-electron chi connectivity index (χ4n) is 2.36. The molecule has 20 heavy (non-hydrogen) atoms. The van der Waals surface area contributed by atoms with Crippen LogP contribution in [0.2, 0.25) is 0 Å². The van der Waals surface area contributed by atoms with Crippen molar-refractivity contribution < 1.29 is 13.0 Å². The molecule has 0 aromatic heterocycles. The van der Waals surface area contributed by atoms with E-state index in [0.29, 0.717) is 5.39 Å². The SMILES string of the molecule is CN(C)c1ccc2c(S(=O)(=O)O)cccc2c1N(C)C. The highest BCUT2D eigenvalue weighted by Gasteiger charge is 2.18. The van der Waals surface area contributed by atoms with Crippen LogP contribution in [0, 0.1) is 0 Å². The Hall–Kier alpha value is -1.79. The van der Waals surface area contributed by atoms with Crippen molar-refractivity contribution in [1.82, 2.24) is 0 Å². The van der Waals surface area contributed by atoms with Crippen molar-refractivity contribution in [2.45, 2.75) is 4.90 Å². The van der Waals surface area contributed by atoms with Crippen LogP contribution in [0.4, 0.5) is 11.4 Å². The van der Waals surface area contributed by atoms with Crippen molar-refractivity contribution >= 4 is 32.3 Å². The lowest BCUT2D eigenvalue weighted by atomic mass is 10.1. The van der Waals surface area contributed by atoms with E-state index in [9.17, 15) is 13.0 Å². The molecule has 2 aromatic rings. The van der Waals surface area contributed by atoms with E-state index >= 15 is 0 Å². The van der Waals surface area contributed by atoms with Crippen molar-refractivity contribution in [3.63, 3.8) is 0 Å². The van der Waals surface area contributed by atoms with E-state index < -0.39 is 10.1 Å². The fraction of sp³-hybridized carbons (Fsp3) is 0.286. The lowest BCUT2D eigenvalue weighted by Gasteiger charge is -2.24. The molecule has 0 fully saturated rings. The van der Waals surface area contributed by atoms with Crippen LogP contribution in [0.25, 0.3) is 10.8 Å². The van der Waals surface area contributed by atoms with Crippen molar-refractivity contribution in [3.8, 4) is 0 Å². The van der Waals surface area contributed by atoms with E-state index in [-0.39, 0.29) is 4.90 Å². The predicted molar refractivity (Wildman–Crippen MR) is 82.4 cm³/mol. The van der Waals surface area contributed by atoms with Gasteiger partial charge in [-0.1, -0.05) is 18.2 Å². The van der Waals surface area contributed by atoms with Gasteiger partial charge >= 0.3 is 0 Å². The number of anilines is 2. The molecule has 0 atom stereocenters. The minimum absolute atomic E-state index is 0.0663. The standard InChI is InChI=1S/C14H18N2O3S/c1-15(2)12-9-8-10-11(14(12)16(3)4)6-5-7-13(10)20(17,18)19/h5-9H,1-4H3,(H,17,18,19). The summed E-state index contributed by atoms with van der Waals surface area (Å²) in [5.41, 5.74) is 1.90. The number of benzene rings is 2. The summed E-state index contributed by atoms with van der Waals surface area (Å²) in [4.78, 5) is 3.84. The van der Waals surface area contributed by atoms with Crippen molar-refractivity contribution in [1.29, 1.82) is 0 Å². The number of rotatable bonds is 3. The van der Waals surface area contributed by atoms with E-state index in [1.54, 1.807) is 12.1 Å². The Morgan fingerprint density at radius 1 is 0.900 bits per heavy atom. The summed E-state index contributed by atoms with van der Waals surface area (Å²) >= 11 is 0. The van der Waals surface area contributed by atoms with Gasteiger partial charge in [0, 0.05) is 39.0 Å². The topological polar surface area (TPSA) is 60.9 Å². The quantitative estimate of drug-likeness (QED) is 0.880. The molecule has 6 heteroatoms. The third kappa shape index (κ3) is 2.44. The zero-order valence-electron chi connectivity index (χ0n) is 12.0. The van der Waals surface area contributed by atoms with Gasteiger partial charge in [-0.15, -0.1) is 0 Å². The molecule has 0 unspecified atom stereocenters. The third-order valence-electron chi connectivity index (χ3n) is 3.18. The third-order valence-corrected chi connectivity index (χ3v) is 4.09. The molecule has 2 aromatic carbocycles. The van der Waals surface area contributed by atoms with Gasteiger partial charge in [0.25, 0.3) is 10.1 Å². The van der Waals surface area contributed by atoms with Crippen LogP contribution in [-0.2, 0) is 10.1 Å².